The van der Waals surface area contributed by atoms with Crippen molar-refractivity contribution in [3.8, 4) is 11.5 Å². The summed E-state index contributed by atoms with van der Waals surface area (Å²) < 4.78 is 5.51. The second-order valence-corrected chi connectivity index (χ2v) is 7.17. The van der Waals surface area contributed by atoms with Gasteiger partial charge in [-0.25, -0.2) is 9.78 Å². The summed E-state index contributed by atoms with van der Waals surface area (Å²) in [5.41, 5.74) is 1.85. The van der Waals surface area contributed by atoms with Gasteiger partial charge in [-0.15, -0.1) is 0 Å². The molecule has 25 heavy (non-hydrogen) atoms. The van der Waals surface area contributed by atoms with Crippen LogP contribution in [0.3, 0.4) is 0 Å². The van der Waals surface area contributed by atoms with Gasteiger partial charge >= 0.3 is 6.03 Å². The number of carbonyl (C=O) groups excluding carboxylic acids is 1. The summed E-state index contributed by atoms with van der Waals surface area (Å²) in [4.78, 5) is 18.6. The van der Waals surface area contributed by atoms with E-state index in [1.54, 1.807) is 25.0 Å². The molecule has 1 atom stereocenters. The van der Waals surface area contributed by atoms with Crippen molar-refractivity contribution < 1.29 is 14.3 Å². The number of likely N-dealkylation sites (tertiary alicyclic amines) is 1. The molecule has 2 N–H and O–H groups in total. The molecule has 1 aromatic carbocycles. The number of aryl methyl sites for hydroxylation is 1. The lowest BCUT2D eigenvalue weighted by Gasteiger charge is -2.33. The molecule has 1 aliphatic rings. The van der Waals surface area contributed by atoms with E-state index in [4.69, 9.17) is 4.42 Å². The van der Waals surface area contributed by atoms with Crippen molar-refractivity contribution in [2.45, 2.75) is 51.8 Å². The maximum atomic E-state index is 12.4. The molecule has 0 spiro atoms. The third-order valence-corrected chi connectivity index (χ3v) is 4.60. The lowest BCUT2D eigenvalue weighted by atomic mass is 9.97. The number of benzene rings is 1. The van der Waals surface area contributed by atoms with Crippen LogP contribution >= 0.6 is 0 Å². The molecule has 2 amide bonds. The highest BCUT2D eigenvalue weighted by molar-refractivity contribution is 5.75. The van der Waals surface area contributed by atoms with E-state index in [1.165, 1.54) is 5.56 Å². The van der Waals surface area contributed by atoms with Crippen molar-refractivity contribution in [2.24, 2.45) is 0 Å². The summed E-state index contributed by atoms with van der Waals surface area (Å²) in [5, 5.41) is 13.1. The molecule has 2 aromatic rings. The zero-order valence-electron chi connectivity index (χ0n) is 15.0. The van der Waals surface area contributed by atoms with E-state index in [0.717, 1.165) is 18.4 Å². The van der Waals surface area contributed by atoms with Gasteiger partial charge in [0.2, 0.25) is 5.89 Å². The van der Waals surface area contributed by atoms with Gasteiger partial charge in [0, 0.05) is 12.1 Å². The number of oxazole rings is 1. The molecule has 2 heterocycles. The minimum atomic E-state index is -0.902. The van der Waals surface area contributed by atoms with Gasteiger partial charge in [-0.2, -0.15) is 0 Å². The van der Waals surface area contributed by atoms with Crippen LogP contribution in [-0.2, 0) is 6.54 Å². The van der Waals surface area contributed by atoms with Gasteiger partial charge in [-0.3, -0.25) is 0 Å². The first kappa shape index (κ1) is 17.5. The molecule has 1 aliphatic heterocycles. The van der Waals surface area contributed by atoms with Crippen LogP contribution in [0.25, 0.3) is 11.5 Å². The fraction of sp³-hybridized carbons (Fsp3) is 0.474. The SMILES string of the molecule is Cc1ccc(-c2nc(CNC(=O)N3CCCC3C(C)(C)O)co2)cc1. The van der Waals surface area contributed by atoms with E-state index in [1.807, 2.05) is 31.2 Å². The Morgan fingerprint density at radius 1 is 1.40 bits per heavy atom. The Morgan fingerprint density at radius 3 is 2.80 bits per heavy atom. The molecule has 1 unspecified atom stereocenters. The zero-order valence-corrected chi connectivity index (χ0v) is 15.0. The summed E-state index contributed by atoms with van der Waals surface area (Å²) in [5.74, 6) is 0.541. The van der Waals surface area contributed by atoms with Crippen LogP contribution in [0.5, 0.6) is 0 Å². The molecule has 0 radical (unpaired) electrons. The van der Waals surface area contributed by atoms with Crippen LogP contribution in [-0.4, -0.2) is 39.2 Å². The highest BCUT2D eigenvalue weighted by Gasteiger charge is 2.38. The second kappa shape index (κ2) is 6.88. The van der Waals surface area contributed by atoms with Gasteiger partial charge in [0.25, 0.3) is 0 Å². The van der Waals surface area contributed by atoms with Gasteiger partial charge in [0.15, 0.2) is 0 Å². The molecule has 6 nitrogen and oxygen atoms in total. The van der Waals surface area contributed by atoms with Gasteiger partial charge in [0.05, 0.1) is 23.9 Å². The monoisotopic (exact) mass is 343 g/mol. The summed E-state index contributed by atoms with van der Waals surface area (Å²) >= 11 is 0. The number of hydrogen-bond donors (Lipinski definition) is 2. The minimum absolute atomic E-state index is 0.159. The first-order valence-electron chi connectivity index (χ1n) is 8.63. The molecule has 0 aliphatic carbocycles. The molecule has 0 saturated carbocycles. The summed E-state index contributed by atoms with van der Waals surface area (Å²) in [6, 6.07) is 7.59. The van der Waals surface area contributed by atoms with Crippen LogP contribution in [0.1, 0.15) is 37.9 Å². The molecule has 0 bridgehead atoms. The quantitative estimate of drug-likeness (QED) is 0.894. The molecule has 134 valence electrons. The lowest BCUT2D eigenvalue weighted by molar-refractivity contribution is 0.00978. The predicted molar refractivity (Wildman–Crippen MR) is 94.9 cm³/mol. The van der Waals surface area contributed by atoms with E-state index in [9.17, 15) is 9.90 Å². The van der Waals surface area contributed by atoms with Crippen LogP contribution in [0, 0.1) is 6.92 Å². The van der Waals surface area contributed by atoms with Crippen molar-refractivity contribution in [1.82, 2.24) is 15.2 Å². The number of aromatic nitrogens is 1. The number of nitrogens with one attached hydrogen (secondary N) is 1. The summed E-state index contributed by atoms with van der Waals surface area (Å²) in [6.07, 6.45) is 3.29. The Morgan fingerprint density at radius 2 is 2.12 bits per heavy atom. The highest BCUT2D eigenvalue weighted by Crippen LogP contribution is 2.26. The number of aliphatic hydroxyl groups is 1. The van der Waals surface area contributed by atoms with Gasteiger partial charge < -0.3 is 19.7 Å². The maximum absolute atomic E-state index is 12.4. The number of carbonyl (C=O) groups is 1. The number of amides is 2. The fourth-order valence-electron chi connectivity index (χ4n) is 3.23. The van der Waals surface area contributed by atoms with Crippen molar-refractivity contribution >= 4 is 6.03 Å². The molecule has 1 saturated heterocycles. The number of nitrogens with zero attached hydrogens (tertiary/aromatic N) is 2. The highest BCUT2D eigenvalue weighted by atomic mass is 16.3. The Bertz CT molecular complexity index is 731. The van der Waals surface area contributed by atoms with E-state index in [2.05, 4.69) is 10.3 Å². The number of urea groups is 1. The smallest absolute Gasteiger partial charge is 0.318 e. The standard InChI is InChI=1S/C19H25N3O3/c1-13-6-8-14(9-7-13)17-21-15(12-25-17)11-20-18(23)22-10-4-5-16(22)19(2,3)24/h6-9,12,16,24H,4-5,10-11H2,1-3H3,(H,20,23). The fourth-order valence-corrected chi connectivity index (χ4v) is 3.23. The number of hydrogen-bond acceptors (Lipinski definition) is 4. The average molecular weight is 343 g/mol. The van der Waals surface area contributed by atoms with Crippen LogP contribution in [0.2, 0.25) is 0 Å². The molecular formula is C19H25N3O3. The van der Waals surface area contributed by atoms with Crippen LogP contribution in [0.15, 0.2) is 34.9 Å². The topological polar surface area (TPSA) is 78.6 Å². The van der Waals surface area contributed by atoms with E-state index < -0.39 is 5.60 Å². The Hall–Kier alpha value is -2.34. The summed E-state index contributed by atoms with van der Waals surface area (Å²) in [6.45, 7) is 6.47. The first-order valence-corrected chi connectivity index (χ1v) is 8.63. The molecule has 1 aromatic heterocycles. The molecule has 3 rings (SSSR count). The molecule has 1 fully saturated rings. The second-order valence-electron chi connectivity index (χ2n) is 7.17. The predicted octanol–water partition coefficient (Wildman–Crippen LogP) is 3.09. The van der Waals surface area contributed by atoms with Crippen molar-refractivity contribution in [1.29, 1.82) is 0 Å². The Labute approximate surface area is 147 Å². The third kappa shape index (κ3) is 4.02. The lowest BCUT2D eigenvalue weighted by Crippen LogP contribution is -2.51. The van der Waals surface area contributed by atoms with Crippen LogP contribution < -0.4 is 5.32 Å². The largest absolute Gasteiger partial charge is 0.444 e. The van der Waals surface area contributed by atoms with Gasteiger partial charge in [0.1, 0.15) is 6.26 Å². The Balaban J connectivity index is 1.60. The molecule has 6 heteroatoms. The minimum Gasteiger partial charge on any atom is -0.444 e. The molecular weight excluding hydrogens is 318 g/mol. The first-order chi connectivity index (χ1) is 11.8. The third-order valence-electron chi connectivity index (χ3n) is 4.60. The van der Waals surface area contributed by atoms with Crippen molar-refractivity contribution in [3.05, 3.63) is 41.8 Å². The number of rotatable bonds is 4. The van der Waals surface area contributed by atoms with E-state index in [-0.39, 0.29) is 12.1 Å². The van der Waals surface area contributed by atoms with Crippen molar-refractivity contribution in [3.63, 3.8) is 0 Å². The zero-order chi connectivity index (χ0) is 18.0. The van der Waals surface area contributed by atoms with Crippen LogP contribution in [0.4, 0.5) is 4.79 Å². The van der Waals surface area contributed by atoms with Crippen molar-refractivity contribution in [2.75, 3.05) is 6.54 Å². The Kier molecular flexibility index (Phi) is 4.81. The maximum Gasteiger partial charge on any atom is 0.318 e. The van der Waals surface area contributed by atoms with Gasteiger partial charge in [-0.1, -0.05) is 17.7 Å². The van der Waals surface area contributed by atoms with E-state index in [0.29, 0.717) is 24.7 Å². The van der Waals surface area contributed by atoms with E-state index >= 15 is 0 Å². The van der Waals surface area contributed by atoms with Gasteiger partial charge in [-0.05, 0) is 45.7 Å². The average Bonchev–Trinajstić information content (AvgIpc) is 3.22. The summed E-state index contributed by atoms with van der Waals surface area (Å²) in [7, 11) is 0. The normalized spacial score (nSPS) is 17.8.